The Morgan fingerprint density at radius 1 is 1.00 bits per heavy atom. The molecule has 1 atom stereocenters. The molecule has 2 aromatic carbocycles. The SMILES string of the molecule is OC(Cc1cc(Cl)ccc1Cl)c1cc(Cl)cc(Br)c1. The lowest BCUT2D eigenvalue weighted by atomic mass is 10.0. The minimum atomic E-state index is -0.689. The fourth-order valence-electron chi connectivity index (χ4n) is 1.79. The van der Waals surface area contributed by atoms with E-state index in [9.17, 15) is 5.11 Å². The van der Waals surface area contributed by atoms with Crippen molar-refractivity contribution in [1.29, 1.82) is 0 Å². The number of hydrogen-bond acceptors (Lipinski definition) is 1. The van der Waals surface area contributed by atoms with Crippen LogP contribution in [0.2, 0.25) is 15.1 Å². The lowest BCUT2D eigenvalue weighted by Gasteiger charge is -2.13. The van der Waals surface area contributed by atoms with Crippen LogP contribution in [0, 0.1) is 0 Å². The molecule has 0 aliphatic rings. The summed E-state index contributed by atoms with van der Waals surface area (Å²) in [6.45, 7) is 0. The zero-order valence-corrected chi connectivity index (χ0v) is 13.6. The molecule has 1 N–H and O–H groups in total. The van der Waals surface area contributed by atoms with Gasteiger partial charge in [-0.15, -0.1) is 0 Å². The molecule has 5 heteroatoms. The van der Waals surface area contributed by atoms with Gasteiger partial charge in [-0.2, -0.15) is 0 Å². The number of aliphatic hydroxyl groups excluding tert-OH is 1. The summed E-state index contributed by atoms with van der Waals surface area (Å²) in [5, 5.41) is 12.0. The van der Waals surface area contributed by atoms with Crippen molar-refractivity contribution in [2.45, 2.75) is 12.5 Å². The third-order valence-corrected chi connectivity index (χ3v) is 3.97. The third kappa shape index (κ3) is 4.11. The molecule has 0 fully saturated rings. The molecule has 0 aliphatic carbocycles. The molecule has 0 saturated heterocycles. The van der Waals surface area contributed by atoms with Gasteiger partial charge < -0.3 is 5.11 Å². The van der Waals surface area contributed by atoms with Crippen molar-refractivity contribution in [3.8, 4) is 0 Å². The number of benzene rings is 2. The first-order valence-electron chi connectivity index (χ1n) is 5.53. The molecule has 0 amide bonds. The number of rotatable bonds is 3. The van der Waals surface area contributed by atoms with Gasteiger partial charge in [-0.25, -0.2) is 0 Å². The van der Waals surface area contributed by atoms with Crippen LogP contribution in [0.25, 0.3) is 0 Å². The number of halogens is 4. The first-order valence-corrected chi connectivity index (χ1v) is 7.46. The Kier molecular flexibility index (Phi) is 5.15. The Balaban J connectivity index is 2.25. The molecule has 0 saturated carbocycles. The molecule has 0 bridgehead atoms. The largest absolute Gasteiger partial charge is 0.388 e. The minimum Gasteiger partial charge on any atom is -0.388 e. The summed E-state index contributed by atoms with van der Waals surface area (Å²) in [7, 11) is 0. The maximum Gasteiger partial charge on any atom is 0.0831 e. The second-order valence-electron chi connectivity index (χ2n) is 4.16. The van der Waals surface area contributed by atoms with Crippen molar-refractivity contribution >= 4 is 50.7 Å². The van der Waals surface area contributed by atoms with E-state index in [0.29, 0.717) is 21.5 Å². The molecular weight excluding hydrogens is 370 g/mol. The first-order chi connectivity index (χ1) is 8.95. The Bertz CT molecular complexity index is 581. The molecule has 1 unspecified atom stereocenters. The zero-order chi connectivity index (χ0) is 14.0. The van der Waals surface area contributed by atoms with E-state index >= 15 is 0 Å². The van der Waals surface area contributed by atoms with Crippen LogP contribution in [-0.4, -0.2) is 5.11 Å². The van der Waals surface area contributed by atoms with E-state index in [2.05, 4.69) is 15.9 Å². The summed E-state index contributed by atoms with van der Waals surface area (Å²) in [4.78, 5) is 0. The molecule has 0 aromatic heterocycles. The fraction of sp³-hybridized carbons (Fsp3) is 0.143. The van der Waals surface area contributed by atoms with Gasteiger partial charge in [0.05, 0.1) is 6.10 Å². The maximum atomic E-state index is 10.3. The molecule has 19 heavy (non-hydrogen) atoms. The maximum absolute atomic E-state index is 10.3. The summed E-state index contributed by atoms with van der Waals surface area (Å²) < 4.78 is 0.825. The van der Waals surface area contributed by atoms with Crippen LogP contribution in [0.5, 0.6) is 0 Å². The van der Waals surface area contributed by atoms with Crippen molar-refractivity contribution < 1.29 is 5.11 Å². The monoisotopic (exact) mass is 378 g/mol. The van der Waals surface area contributed by atoms with E-state index in [4.69, 9.17) is 34.8 Å². The van der Waals surface area contributed by atoms with Gasteiger partial charge in [0.1, 0.15) is 0 Å². The van der Waals surface area contributed by atoms with Gasteiger partial charge in [-0.1, -0.05) is 50.7 Å². The summed E-state index contributed by atoms with van der Waals surface area (Å²) >= 11 is 21.3. The van der Waals surface area contributed by atoms with Crippen LogP contribution in [0.15, 0.2) is 40.9 Å². The van der Waals surface area contributed by atoms with E-state index in [-0.39, 0.29) is 0 Å². The Hall–Kier alpha value is -0.250. The second-order valence-corrected chi connectivity index (χ2v) is 6.35. The summed E-state index contributed by atoms with van der Waals surface area (Å²) in [5.74, 6) is 0. The van der Waals surface area contributed by atoms with Gasteiger partial charge in [-0.3, -0.25) is 0 Å². The molecular formula is C14H10BrCl3O. The Labute approximate surface area is 135 Å². The smallest absolute Gasteiger partial charge is 0.0831 e. The number of hydrogen-bond donors (Lipinski definition) is 1. The molecule has 100 valence electrons. The predicted octanol–water partition coefficient (Wildman–Crippen LogP) is 5.69. The molecule has 2 aromatic rings. The van der Waals surface area contributed by atoms with Crippen LogP contribution in [0.1, 0.15) is 17.2 Å². The highest BCUT2D eigenvalue weighted by molar-refractivity contribution is 9.10. The van der Waals surface area contributed by atoms with E-state index in [1.807, 2.05) is 6.07 Å². The average Bonchev–Trinajstić information content (AvgIpc) is 2.32. The van der Waals surface area contributed by atoms with Crippen molar-refractivity contribution in [3.05, 3.63) is 67.1 Å². The van der Waals surface area contributed by atoms with Crippen LogP contribution in [0.3, 0.4) is 0 Å². The highest BCUT2D eigenvalue weighted by Gasteiger charge is 2.12. The summed E-state index contributed by atoms with van der Waals surface area (Å²) in [6.07, 6.45) is -0.308. The Morgan fingerprint density at radius 2 is 1.74 bits per heavy atom. The highest BCUT2D eigenvalue weighted by Crippen LogP contribution is 2.29. The first kappa shape index (κ1) is 15.1. The van der Waals surface area contributed by atoms with Crippen LogP contribution < -0.4 is 0 Å². The van der Waals surface area contributed by atoms with Crippen molar-refractivity contribution in [2.24, 2.45) is 0 Å². The van der Waals surface area contributed by atoms with E-state index in [1.165, 1.54) is 0 Å². The molecule has 0 spiro atoms. The molecule has 0 aliphatic heterocycles. The quantitative estimate of drug-likeness (QED) is 0.726. The lowest BCUT2D eigenvalue weighted by Crippen LogP contribution is -2.02. The van der Waals surface area contributed by atoms with E-state index < -0.39 is 6.10 Å². The van der Waals surface area contributed by atoms with Gasteiger partial charge in [0.15, 0.2) is 0 Å². The fourth-order valence-corrected chi connectivity index (χ4v) is 3.07. The molecule has 0 heterocycles. The van der Waals surface area contributed by atoms with Crippen LogP contribution >= 0.6 is 50.7 Å². The van der Waals surface area contributed by atoms with E-state index in [1.54, 1.807) is 30.3 Å². The lowest BCUT2D eigenvalue weighted by molar-refractivity contribution is 0.178. The van der Waals surface area contributed by atoms with Crippen molar-refractivity contribution in [2.75, 3.05) is 0 Å². The zero-order valence-electron chi connectivity index (χ0n) is 9.71. The standard InChI is InChI=1S/C14H10BrCl3O/c15-10-3-9(5-12(17)7-10)14(19)6-8-4-11(16)1-2-13(8)18/h1-5,7,14,19H,6H2. The molecule has 2 rings (SSSR count). The summed E-state index contributed by atoms with van der Waals surface area (Å²) in [5.41, 5.74) is 1.54. The van der Waals surface area contributed by atoms with Crippen molar-refractivity contribution in [3.63, 3.8) is 0 Å². The van der Waals surface area contributed by atoms with Gasteiger partial charge in [0.2, 0.25) is 0 Å². The molecule has 0 radical (unpaired) electrons. The third-order valence-electron chi connectivity index (χ3n) is 2.69. The van der Waals surface area contributed by atoms with Crippen LogP contribution in [-0.2, 0) is 6.42 Å². The van der Waals surface area contributed by atoms with Gasteiger partial charge in [0, 0.05) is 26.0 Å². The van der Waals surface area contributed by atoms with Gasteiger partial charge in [0.25, 0.3) is 0 Å². The van der Waals surface area contributed by atoms with Gasteiger partial charge in [-0.05, 0) is 47.5 Å². The van der Waals surface area contributed by atoms with Gasteiger partial charge >= 0.3 is 0 Å². The van der Waals surface area contributed by atoms with E-state index in [0.717, 1.165) is 15.6 Å². The number of aliphatic hydroxyl groups is 1. The topological polar surface area (TPSA) is 20.2 Å². The second kappa shape index (κ2) is 6.47. The predicted molar refractivity (Wildman–Crippen MR) is 84.3 cm³/mol. The minimum absolute atomic E-state index is 0.381. The van der Waals surface area contributed by atoms with Crippen LogP contribution in [0.4, 0.5) is 0 Å². The Morgan fingerprint density at radius 3 is 2.42 bits per heavy atom. The average molecular weight is 380 g/mol. The summed E-state index contributed by atoms with van der Waals surface area (Å²) in [6, 6.07) is 10.5. The highest BCUT2D eigenvalue weighted by atomic mass is 79.9. The van der Waals surface area contributed by atoms with Crippen molar-refractivity contribution in [1.82, 2.24) is 0 Å². The molecule has 1 nitrogen and oxygen atoms in total. The normalized spacial score (nSPS) is 12.5.